The van der Waals surface area contributed by atoms with Crippen molar-refractivity contribution in [2.24, 2.45) is 0 Å². The van der Waals surface area contributed by atoms with Crippen LogP contribution in [0.15, 0.2) is 24.3 Å². The Morgan fingerprint density at radius 1 is 1.16 bits per heavy atom. The molecule has 0 amide bonds. The molecule has 0 unspecified atom stereocenters. The van der Waals surface area contributed by atoms with Gasteiger partial charge in [0.15, 0.2) is 0 Å². The molecule has 3 aromatic rings. The number of thiophene rings is 1. The van der Waals surface area contributed by atoms with Crippen molar-refractivity contribution >= 4 is 27.4 Å². The Balaban J connectivity index is 1.45. The van der Waals surface area contributed by atoms with Crippen LogP contribution in [0.25, 0.3) is 10.2 Å². The number of fused-ring (bicyclic) bond motifs is 3. The van der Waals surface area contributed by atoms with E-state index in [-0.39, 0.29) is 0 Å². The molecule has 0 bridgehead atoms. The first-order chi connectivity index (χ1) is 15.3. The molecule has 164 valence electrons. The van der Waals surface area contributed by atoms with Gasteiger partial charge in [-0.2, -0.15) is 0 Å². The maximum atomic E-state index is 5.67. The Labute approximate surface area is 187 Å². The van der Waals surface area contributed by atoms with Gasteiger partial charge in [-0.25, -0.2) is 9.97 Å². The molecule has 0 saturated carbocycles. The molecule has 1 N–H and O–H groups in total. The number of morpholine rings is 1. The third-order valence-corrected chi connectivity index (χ3v) is 7.18. The Morgan fingerprint density at radius 2 is 2.03 bits per heavy atom. The second kappa shape index (κ2) is 9.51. The molecule has 2 aliphatic rings. The highest BCUT2D eigenvalue weighted by atomic mass is 32.1. The number of anilines is 1. The molecule has 7 heteroatoms. The summed E-state index contributed by atoms with van der Waals surface area (Å²) in [4.78, 5) is 15.0. The zero-order valence-corrected chi connectivity index (χ0v) is 19.0. The quantitative estimate of drug-likeness (QED) is 0.590. The van der Waals surface area contributed by atoms with Gasteiger partial charge in [0.1, 0.15) is 22.2 Å². The van der Waals surface area contributed by atoms with E-state index in [1.54, 1.807) is 0 Å². The van der Waals surface area contributed by atoms with Crippen LogP contribution >= 0.6 is 11.3 Å². The molecule has 1 aliphatic carbocycles. The first-order valence-electron chi connectivity index (χ1n) is 11.4. The molecule has 0 radical (unpaired) electrons. The number of aromatic nitrogens is 2. The summed E-state index contributed by atoms with van der Waals surface area (Å²) >= 11 is 1.87. The number of hydrogen-bond donors (Lipinski definition) is 1. The minimum atomic E-state index is 0.676. The third kappa shape index (κ3) is 4.68. The third-order valence-electron chi connectivity index (χ3n) is 6.00. The van der Waals surface area contributed by atoms with Crippen LogP contribution in [-0.2, 0) is 30.7 Å². The van der Waals surface area contributed by atoms with E-state index in [0.29, 0.717) is 13.2 Å². The minimum Gasteiger partial charge on any atom is -0.494 e. The summed E-state index contributed by atoms with van der Waals surface area (Å²) in [5.74, 6) is 2.79. The van der Waals surface area contributed by atoms with E-state index in [2.05, 4.69) is 22.3 Å². The van der Waals surface area contributed by atoms with E-state index in [9.17, 15) is 0 Å². The van der Waals surface area contributed by atoms with Crippen LogP contribution in [0.5, 0.6) is 5.75 Å². The molecule has 1 fully saturated rings. The molecule has 0 atom stereocenters. The van der Waals surface area contributed by atoms with Crippen molar-refractivity contribution in [3.8, 4) is 5.75 Å². The lowest BCUT2D eigenvalue weighted by Crippen LogP contribution is -2.36. The molecule has 0 spiro atoms. The molecule has 31 heavy (non-hydrogen) atoms. The van der Waals surface area contributed by atoms with Crippen molar-refractivity contribution in [2.75, 3.05) is 38.2 Å². The summed E-state index contributed by atoms with van der Waals surface area (Å²) in [6, 6.07) is 8.29. The van der Waals surface area contributed by atoms with E-state index in [4.69, 9.17) is 19.4 Å². The topological polar surface area (TPSA) is 59.5 Å². The van der Waals surface area contributed by atoms with Gasteiger partial charge in [0.05, 0.1) is 31.8 Å². The van der Waals surface area contributed by atoms with Crippen LogP contribution in [0.2, 0.25) is 0 Å². The fourth-order valence-electron chi connectivity index (χ4n) is 4.46. The van der Waals surface area contributed by atoms with Crippen molar-refractivity contribution < 1.29 is 9.47 Å². The lowest BCUT2D eigenvalue weighted by molar-refractivity contribution is 0.0331. The summed E-state index contributed by atoms with van der Waals surface area (Å²) in [6.07, 6.45) is 4.84. The molecular formula is C24H30N4O2S. The summed E-state index contributed by atoms with van der Waals surface area (Å²) in [5, 5.41) is 4.89. The number of hydrogen-bond acceptors (Lipinski definition) is 7. The Bertz CT molecular complexity index is 1050. The average molecular weight is 439 g/mol. The van der Waals surface area contributed by atoms with Gasteiger partial charge in [0.2, 0.25) is 0 Å². The normalized spacial score (nSPS) is 16.9. The van der Waals surface area contributed by atoms with Crippen LogP contribution in [0, 0.1) is 0 Å². The number of aryl methyl sites for hydroxylation is 2. The Hall–Kier alpha value is -2.22. The maximum Gasteiger partial charge on any atom is 0.146 e. The number of nitrogens with one attached hydrogen (secondary N) is 1. The molecular weight excluding hydrogens is 408 g/mol. The van der Waals surface area contributed by atoms with Crippen LogP contribution in [0.3, 0.4) is 0 Å². The smallest absolute Gasteiger partial charge is 0.146 e. The molecule has 1 saturated heterocycles. The first kappa shape index (κ1) is 20.7. The number of nitrogens with zero attached hydrogens (tertiary/aromatic N) is 3. The monoisotopic (exact) mass is 438 g/mol. The van der Waals surface area contributed by atoms with Gasteiger partial charge in [-0.3, -0.25) is 4.90 Å². The van der Waals surface area contributed by atoms with Gasteiger partial charge >= 0.3 is 0 Å². The van der Waals surface area contributed by atoms with Crippen molar-refractivity contribution in [2.45, 2.75) is 45.7 Å². The van der Waals surface area contributed by atoms with Gasteiger partial charge in [0, 0.05) is 24.5 Å². The molecule has 5 rings (SSSR count). The van der Waals surface area contributed by atoms with Crippen molar-refractivity contribution in [3.63, 3.8) is 0 Å². The fourth-order valence-corrected chi connectivity index (χ4v) is 5.74. The second-order valence-electron chi connectivity index (χ2n) is 8.20. The van der Waals surface area contributed by atoms with Crippen molar-refractivity contribution in [3.05, 3.63) is 46.1 Å². The standard InChI is InChI=1S/C24H30N4O2S/c1-2-30-18-7-5-6-17(14-18)15-25-23-22-19-8-3-4-9-20(19)31-24(22)27-21(26-23)16-28-10-12-29-13-11-28/h5-7,14H,2-4,8-13,15-16H2,1H3,(H,25,26,27). The highest BCUT2D eigenvalue weighted by Gasteiger charge is 2.22. The van der Waals surface area contributed by atoms with Crippen LogP contribution in [-0.4, -0.2) is 47.8 Å². The number of benzene rings is 1. The number of rotatable bonds is 7. The fraction of sp³-hybridized carbons (Fsp3) is 0.500. The second-order valence-corrected chi connectivity index (χ2v) is 9.29. The van der Waals surface area contributed by atoms with E-state index in [1.165, 1.54) is 40.7 Å². The largest absolute Gasteiger partial charge is 0.494 e. The highest BCUT2D eigenvalue weighted by Crippen LogP contribution is 2.39. The molecule has 3 heterocycles. The van der Waals surface area contributed by atoms with Crippen LogP contribution in [0.4, 0.5) is 5.82 Å². The van der Waals surface area contributed by atoms with Gasteiger partial charge in [-0.1, -0.05) is 12.1 Å². The summed E-state index contributed by atoms with van der Waals surface area (Å²) in [7, 11) is 0. The molecule has 1 aromatic carbocycles. The van der Waals surface area contributed by atoms with E-state index in [1.807, 2.05) is 30.4 Å². The lowest BCUT2D eigenvalue weighted by atomic mass is 9.97. The molecule has 1 aliphatic heterocycles. The Morgan fingerprint density at radius 3 is 2.90 bits per heavy atom. The van der Waals surface area contributed by atoms with Gasteiger partial charge in [-0.15, -0.1) is 11.3 Å². The minimum absolute atomic E-state index is 0.676. The van der Waals surface area contributed by atoms with Gasteiger partial charge in [-0.05, 0) is 55.9 Å². The zero-order chi connectivity index (χ0) is 21.0. The highest BCUT2D eigenvalue weighted by molar-refractivity contribution is 7.19. The van der Waals surface area contributed by atoms with E-state index < -0.39 is 0 Å². The molecule has 6 nitrogen and oxygen atoms in total. The lowest BCUT2D eigenvalue weighted by Gasteiger charge is -2.25. The first-order valence-corrected chi connectivity index (χ1v) is 12.2. The summed E-state index contributed by atoms with van der Waals surface area (Å²) in [6.45, 7) is 7.64. The number of ether oxygens (including phenoxy) is 2. The molecule has 2 aromatic heterocycles. The van der Waals surface area contributed by atoms with E-state index in [0.717, 1.165) is 61.5 Å². The van der Waals surface area contributed by atoms with Gasteiger partial charge in [0.25, 0.3) is 0 Å². The van der Waals surface area contributed by atoms with Crippen LogP contribution < -0.4 is 10.1 Å². The van der Waals surface area contributed by atoms with Crippen molar-refractivity contribution in [1.82, 2.24) is 14.9 Å². The summed E-state index contributed by atoms with van der Waals surface area (Å²) in [5.41, 5.74) is 2.66. The predicted molar refractivity (Wildman–Crippen MR) is 125 cm³/mol. The van der Waals surface area contributed by atoms with Gasteiger partial charge < -0.3 is 14.8 Å². The van der Waals surface area contributed by atoms with Crippen molar-refractivity contribution in [1.29, 1.82) is 0 Å². The predicted octanol–water partition coefficient (Wildman–Crippen LogP) is 4.41. The Kier molecular flexibility index (Phi) is 6.34. The van der Waals surface area contributed by atoms with E-state index >= 15 is 0 Å². The average Bonchev–Trinajstić information content (AvgIpc) is 3.17. The SMILES string of the molecule is CCOc1cccc(CNc2nc(CN3CCOCC3)nc3sc4c(c23)CCCC4)c1. The summed E-state index contributed by atoms with van der Waals surface area (Å²) < 4.78 is 11.2. The zero-order valence-electron chi connectivity index (χ0n) is 18.2. The van der Waals surface area contributed by atoms with Crippen LogP contribution in [0.1, 0.15) is 41.6 Å². The maximum absolute atomic E-state index is 5.67.